The minimum atomic E-state index is -0.130. The molecule has 6 heteroatoms. The van der Waals surface area contributed by atoms with Crippen LogP contribution in [-0.4, -0.2) is 25.0 Å². The quantitative estimate of drug-likeness (QED) is 0.861. The van der Waals surface area contributed by atoms with Crippen LogP contribution in [0, 0.1) is 0 Å². The van der Waals surface area contributed by atoms with Gasteiger partial charge < -0.3 is 20.1 Å². The smallest absolute Gasteiger partial charge is 0.224 e. The largest absolute Gasteiger partial charge is 0.486 e. The van der Waals surface area contributed by atoms with Crippen molar-refractivity contribution in [2.75, 3.05) is 23.8 Å². The molecule has 1 aliphatic heterocycles. The lowest BCUT2D eigenvalue weighted by atomic mass is 9.97. The zero-order valence-corrected chi connectivity index (χ0v) is 14.9. The number of nitrogens with one attached hydrogen (secondary N) is 2. The van der Waals surface area contributed by atoms with Crippen LogP contribution < -0.4 is 20.1 Å². The molecule has 6 nitrogen and oxygen atoms in total. The van der Waals surface area contributed by atoms with Gasteiger partial charge in [-0.25, -0.2) is 0 Å². The molecule has 26 heavy (non-hydrogen) atoms. The number of hydrogen-bond donors (Lipinski definition) is 2. The van der Waals surface area contributed by atoms with Crippen LogP contribution in [0.2, 0.25) is 0 Å². The average Bonchev–Trinajstić information content (AvgIpc) is 2.62. The van der Waals surface area contributed by atoms with Crippen molar-refractivity contribution < 1.29 is 19.1 Å². The molecule has 0 saturated heterocycles. The summed E-state index contributed by atoms with van der Waals surface area (Å²) in [5.74, 6) is 1.32. The molecule has 0 bridgehead atoms. The van der Waals surface area contributed by atoms with E-state index in [0.717, 1.165) is 17.1 Å². The summed E-state index contributed by atoms with van der Waals surface area (Å²) in [6, 6.07) is 12.8. The van der Waals surface area contributed by atoms with Crippen LogP contribution in [-0.2, 0) is 9.59 Å². The van der Waals surface area contributed by atoms with E-state index in [2.05, 4.69) is 10.6 Å². The second kappa shape index (κ2) is 7.91. The standard InChI is InChI=1S/C20H22N2O4/c1-13(15-3-8-18-19(12-15)26-10-9-25-18)11-20(24)22-17-6-4-16(5-7-17)21-14(2)23/h3-8,12-13H,9-11H2,1-2H3,(H,21,23)(H,22,24). The first kappa shape index (κ1) is 17.8. The van der Waals surface area contributed by atoms with E-state index >= 15 is 0 Å². The van der Waals surface area contributed by atoms with Crippen molar-refractivity contribution >= 4 is 23.2 Å². The van der Waals surface area contributed by atoms with Crippen molar-refractivity contribution in [3.05, 3.63) is 48.0 Å². The molecular formula is C20H22N2O4. The van der Waals surface area contributed by atoms with Gasteiger partial charge in [0, 0.05) is 24.7 Å². The topological polar surface area (TPSA) is 76.7 Å². The first-order chi connectivity index (χ1) is 12.5. The zero-order chi connectivity index (χ0) is 18.5. The fourth-order valence-electron chi connectivity index (χ4n) is 2.81. The van der Waals surface area contributed by atoms with Gasteiger partial charge in [0.25, 0.3) is 0 Å². The number of carbonyl (C=O) groups excluding carboxylic acids is 2. The summed E-state index contributed by atoms with van der Waals surface area (Å²) >= 11 is 0. The van der Waals surface area contributed by atoms with Gasteiger partial charge in [-0.2, -0.15) is 0 Å². The van der Waals surface area contributed by atoms with Crippen LogP contribution >= 0.6 is 0 Å². The highest BCUT2D eigenvalue weighted by molar-refractivity contribution is 5.92. The second-order valence-electron chi connectivity index (χ2n) is 6.31. The van der Waals surface area contributed by atoms with Gasteiger partial charge in [0.2, 0.25) is 11.8 Å². The molecule has 136 valence electrons. The monoisotopic (exact) mass is 354 g/mol. The Balaban J connectivity index is 1.58. The fraction of sp³-hybridized carbons (Fsp3) is 0.300. The third-order valence-electron chi connectivity index (χ3n) is 4.12. The van der Waals surface area contributed by atoms with Crippen molar-refractivity contribution in [3.8, 4) is 11.5 Å². The van der Waals surface area contributed by atoms with Crippen LogP contribution in [0.4, 0.5) is 11.4 Å². The molecule has 3 rings (SSSR count). The van der Waals surface area contributed by atoms with E-state index in [1.165, 1.54) is 6.92 Å². The van der Waals surface area contributed by atoms with E-state index in [1.54, 1.807) is 24.3 Å². The Morgan fingerprint density at radius 1 is 0.962 bits per heavy atom. The van der Waals surface area contributed by atoms with E-state index in [4.69, 9.17) is 9.47 Å². The van der Waals surface area contributed by atoms with Crippen molar-refractivity contribution in [3.63, 3.8) is 0 Å². The summed E-state index contributed by atoms with van der Waals surface area (Å²) in [6.45, 7) is 4.56. The fourth-order valence-corrected chi connectivity index (χ4v) is 2.81. The van der Waals surface area contributed by atoms with Crippen molar-refractivity contribution in [2.45, 2.75) is 26.2 Å². The summed E-state index contributed by atoms with van der Waals surface area (Å²) in [4.78, 5) is 23.3. The number of benzene rings is 2. The van der Waals surface area contributed by atoms with Crippen molar-refractivity contribution in [1.29, 1.82) is 0 Å². The molecule has 0 radical (unpaired) electrons. The highest BCUT2D eigenvalue weighted by Gasteiger charge is 2.16. The lowest BCUT2D eigenvalue weighted by Crippen LogP contribution is -2.16. The molecule has 1 atom stereocenters. The highest BCUT2D eigenvalue weighted by atomic mass is 16.6. The molecule has 0 spiro atoms. The predicted molar refractivity (Wildman–Crippen MR) is 99.8 cm³/mol. The van der Waals surface area contributed by atoms with E-state index in [1.807, 2.05) is 25.1 Å². The highest BCUT2D eigenvalue weighted by Crippen LogP contribution is 2.34. The first-order valence-corrected chi connectivity index (χ1v) is 8.58. The summed E-state index contributed by atoms with van der Waals surface area (Å²) in [7, 11) is 0. The summed E-state index contributed by atoms with van der Waals surface area (Å²) in [5.41, 5.74) is 2.42. The third-order valence-corrected chi connectivity index (χ3v) is 4.12. The Kier molecular flexibility index (Phi) is 5.41. The normalized spacial score (nSPS) is 13.6. The lowest BCUT2D eigenvalue weighted by molar-refractivity contribution is -0.116. The number of hydrogen-bond acceptors (Lipinski definition) is 4. The van der Waals surface area contributed by atoms with E-state index in [-0.39, 0.29) is 17.7 Å². The Labute approximate surface area is 152 Å². The Morgan fingerprint density at radius 2 is 1.58 bits per heavy atom. The maximum absolute atomic E-state index is 12.3. The Bertz CT molecular complexity index is 802. The number of ether oxygens (including phenoxy) is 2. The van der Waals surface area contributed by atoms with Crippen LogP contribution in [0.25, 0.3) is 0 Å². The van der Waals surface area contributed by atoms with Crippen LogP contribution in [0.3, 0.4) is 0 Å². The maximum Gasteiger partial charge on any atom is 0.224 e. The second-order valence-corrected chi connectivity index (χ2v) is 6.31. The molecule has 1 unspecified atom stereocenters. The zero-order valence-electron chi connectivity index (χ0n) is 14.9. The minimum Gasteiger partial charge on any atom is -0.486 e. The minimum absolute atomic E-state index is 0.0458. The van der Waals surface area contributed by atoms with Gasteiger partial charge in [0.15, 0.2) is 11.5 Å². The van der Waals surface area contributed by atoms with E-state index in [9.17, 15) is 9.59 Å². The van der Waals surface area contributed by atoms with Crippen molar-refractivity contribution in [2.24, 2.45) is 0 Å². The Morgan fingerprint density at radius 3 is 2.23 bits per heavy atom. The summed E-state index contributed by atoms with van der Waals surface area (Å²) < 4.78 is 11.1. The van der Waals surface area contributed by atoms with Gasteiger partial charge in [-0.3, -0.25) is 9.59 Å². The lowest BCUT2D eigenvalue weighted by Gasteiger charge is -2.20. The SMILES string of the molecule is CC(=O)Nc1ccc(NC(=O)CC(C)c2ccc3c(c2)OCCO3)cc1. The van der Waals surface area contributed by atoms with Gasteiger partial charge in [0.05, 0.1) is 0 Å². The van der Waals surface area contributed by atoms with Crippen LogP contribution in [0.15, 0.2) is 42.5 Å². The van der Waals surface area contributed by atoms with Crippen molar-refractivity contribution in [1.82, 2.24) is 0 Å². The molecule has 0 aliphatic carbocycles. The number of anilines is 2. The number of fused-ring (bicyclic) bond motifs is 1. The van der Waals surface area contributed by atoms with Crippen LogP contribution in [0.1, 0.15) is 31.7 Å². The average molecular weight is 354 g/mol. The molecule has 2 aromatic carbocycles. The van der Waals surface area contributed by atoms with E-state index < -0.39 is 0 Å². The molecule has 0 aromatic heterocycles. The van der Waals surface area contributed by atoms with Gasteiger partial charge in [0.1, 0.15) is 13.2 Å². The first-order valence-electron chi connectivity index (χ1n) is 8.58. The van der Waals surface area contributed by atoms with Gasteiger partial charge in [-0.05, 0) is 47.9 Å². The molecule has 2 amide bonds. The summed E-state index contributed by atoms with van der Waals surface area (Å²) in [6.07, 6.45) is 0.354. The Hall–Kier alpha value is -3.02. The van der Waals surface area contributed by atoms with Gasteiger partial charge >= 0.3 is 0 Å². The molecule has 0 saturated carbocycles. The molecule has 1 aliphatic rings. The molecule has 2 N–H and O–H groups in total. The number of carbonyl (C=O) groups is 2. The molecule has 1 heterocycles. The number of amides is 2. The van der Waals surface area contributed by atoms with E-state index in [0.29, 0.717) is 31.0 Å². The number of rotatable bonds is 5. The summed E-state index contributed by atoms with van der Waals surface area (Å²) in [5, 5.41) is 5.57. The maximum atomic E-state index is 12.3. The predicted octanol–water partition coefficient (Wildman–Crippen LogP) is 3.55. The molecular weight excluding hydrogens is 332 g/mol. The molecule has 0 fully saturated rings. The van der Waals surface area contributed by atoms with Gasteiger partial charge in [-0.15, -0.1) is 0 Å². The van der Waals surface area contributed by atoms with Gasteiger partial charge in [-0.1, -0.05) is 13.0 Å². The third kappa shape index (κ3) is 4.53. The molecule has 2 aromatic rings. The van der Waals surface area contributed by atoms with Crippen LogP contribution in [0.5, 0.6) is 11.5 Å².